The average molecular weight is 478 g/mol. The molecule has 1 aliphatic rings. The zero-order valence-electron chi connectivity index (χ0n) is 21.1. The maximum atomic E-state index is 13.9. The second-order valence-electron chi connectivity index (χ2n) is 10.3. The molecule has 0 heterocycles. The number of hydrogen-bond donors (Lipinski definition) is 3. The Morgan fingerprint density at radius 2 is 1.70 bits per heavy atom. The summed E-state index contributed by atoms with van der Waals surface area (Å²) in [5.41, 5.74) is 2.00. The lowest BCUT2D eigenvalue weighted by Gasteiger charge is -2.36. The van der Waals surface area contributed by atoms with Crippen LogP contribution in [0, 0.1) is 19.8 Å². The Balaban J connectivity index is 2.49. The molecule has 0 radical (unpaired) electrons. The van der Waals surface area contributed by atoms with Crippen LogP contribution in [0.25, 0.3) is 0 Å². The molecule has 7 nitrogen and oxygen atoms in total. The van der Waals surface area contributed by atoms with Gasteiger partial charge in [-0.15, -0.1) is 0 Å². The molecule has 2 rings (SSSR count). The van der Waals surface area contributed by atoms with Gasteiger partial charge in [0.05, 0.1) is 0 Å². The van der Waals surface area contributed by atoms with Gasteiger partial charge in [0, 0.05) is 17.8 Å². The Labute approximate surface area is 203 Å². The number of hydrogen-bond acceptors (Lipinski definition) is 5. The monoisotopic (exact) mass is 477 g/mol. The van der Waals surface area contributed by atoms with E-state index in [4.69, 9.17) is 4.74 Å². The van der Waals surface area contributed by atoms with Crippen LogP contribution in [-0.4, -0.2) is 52.3 Å². The predicted octanol–water partition coefficient (Wildman–Crippen LogP) is 3.93. The van der Waals surface area contributed by atoms with Gasteiger partial charge in [0.2, 0.25) is 11.8 Å². The minimum absolute atomic E-state index is 0.0843. The highest BCUT2D eigenvalue weighted by atomic mass is 32.1. The van der Waals surface area contributed by atoms with Crippen molar-refractivity contribution < 1.29 is 19.1 Å². The number of nitrogens with zero attached hydrogens (tertiary/aromatic N) is 1. The maximum Gasteiger partial charge on any atom is 0.408 e. The van der Waals surface area contributed by atoms with Crippen LogP contribution in [0.2, 0.25) is 0 Å². The van der Waals surface area contributed by atoms with Gasteiger partial charge in [0.15, 0.2) is 0 Å². The van der Waals surface area contributed by atoms with E-state index in [1.54, 1.807) is 25.7 Å². The second kappa shape index (κ2) is 10.8. The zero-order chi connectivity index (χ0) is 25.1. The molecule has 1 aromatic carbocycles. The van der Waals surface area contributed by atoms with Crippen molar-refractivity contribution in [2.75, 3.05) is 5.75 Å². The highest BCUT2D eigenvalue weighted by molar-refractivity contribution is 7.80. The average Bonchev–Trinajstić information content (AvgIpc) is 3.38. The van der Waals surface area contributed by atoms with Gasteiger partial charge in [-0.25, -0.2) is 4.79 Å². The van der Waals surface area contributed by atoms with E-state index in [-0.39, 0.29) is 35.6 Å². The molecule has 0 aliphatic heterocycles. The summed E-state index contributed by atoms with van der Waals surface area (Å²) in [6.45, 7) is 15.0. The van der Waals surface area contributed by atoms with Crippen molar-refractivity contribution in [3.05, 3.63) is 34.9 Å². The Hall–Kier alpha value is -2.22. The van der Waals surface area contributed by atoms with E-state index in [0.29, 0.717) is 0 Å². The number of aryl methyl sites for hydroxylation is 2. The number of alkyl carbamates (subject to hydrolysis) is 1. The molecular weight excluding hydrogens is 438 g/mol. The number of carbonyl (C=O) groups is 3. The zero-order valence-corrected chi connectivity index (χ0v) is 22.0. The van der Waals surface area contributed by atoms with Gasteiger partial charge in [-0.05, 0) is 77.5 Å². The first kappa shape index (κ1) is 27.0. The number of thiol groups is 1. The van der Waals surface area contributed by atoms with Gasteiger partial charge >= 0.3 is 6.09 Å². The van der Waals surface area contributed by atoms with Crippen molar-refractivity contribution in [2.24, 2.45) is 5.92 Å². The third-order valence-corrected chi connectivity index (χ3v) is 5.99. The molecule has 33 heavy (non-hydrogen) atoms. The largest absolute Gasteiger partial charge is 0.444 e. The second-order valence-corrected chi connectivity index (χ2v) is 10.6. The number of rotatable bonds is 8. The van der Waals surface area contributed by atoms with Gasteiger partial charge in [-0.2, -0.15) is 12.6 Å². The molecule has 0 bridgehead atoms. The Morgan fingerprint density at radius 3 is 2.12 bits per heavy atom. The summed E-state index contributed by atoms with van der Waals surface area (Å²) in [5.74, 6) is -0.225. The highest BCUT2D eigenvalue weighted by Gasteiger charge is 2.48. The van der Waals surface area contributed by atoms with Crippen molar-refractivity contribution >= 4 is 30.5 Å². The Kier molecular flexibility index (Phi) is 8.85. The van der Waals surface area contributed by atoms with Crippen molar-refractivity contribution in [1.82, 2.24) is 15.5 Å². The molecule has 0 spiro atoms. The molecule has 1 fully saturated rings. The van der Waals surface area contributed by atoms with Crippen molar-refractivity contribution in [2.45, 2.75) is 91.6 Å². The summed E-state index contributed by atoms with van der Waals surface area (Å²) >= 11 is 4.33. The molecule has 2 N–H and O–H groups in total. The van der Waals surface area contributed by atoms with Crippen molar-refractivity contribution in [3.63, 3.8) is 0 Å². The normalized spacial score (nSPS) is 19.5. The molecule has 1 aromatic rings. The van der Waals surface area contributed by atoms with Crippen LogP contribution >= 0.6 is 12.6 Å². The molecule has 4 unspecified atom stereocenters. The summed E-state index contributed by atoms with van der Waals surface area (Å²) in [6.07, 6.45) is 0.113. The van der Waals surface area contributed by atoms with Crippen LogP contribution in [-0.2, 0) is 14.3 Å². The summed E-state index contributed by atoms with van der Waals surface area (Å²) in [6, 6.07) is 3.94. The van der Waals surface area contributed by atoms with Crippen LogP contribution in [0.15, 0.2) is 18.2 Å². The van der Waals surface area contributed by atoms with Crippen molar-refractivity contribution in [3.8, 4) is 0 Å². The first-order chi connectivity index (χ1) is 15.3. The lowest BCUT2D eigenvalue weighted by molar-refractivity contribution is -0.143. The first-order valence-electron chi connectivity index (χ1n) is 11.6. The molecule has 0 aromatic heterocycles. The van der Waals surface area contributed by atoms with E-state index in [0.717, 1.165) is 23.1 Å². The number of nitrogens with one attached hydrogen (secondary N) is 2. The summed E-state index contributed by atoms with van der Waals surface area (Å²) in [4.78, 5) is 41.5. The van der Waals surface area contributed by atoms with Crippen LogP contribution in [0.4, 0.5) is 4.79 Å². The summed E-state index contributed by atoms with van der Waals surface area (Å²) < 4.78 is 5.35. The fourth-order valence-corrected chi connectivity index (χ4v) is 4.25. The van der Waals surface area contributed by atoms with Crippen LogP contribution < -0.4 is 10.6 Å². The van der Waals surface area contributed by atoms with Gasteiger partial charge in [0.1, 0.15) is 17.7 Å². The number of ether oxygens (including phenoxy) is 1. The third-order valence-electron chi connectivity index (χ3n) is 5.62. The highest BCUT2D eigenvalue weighted by Crippen LogP contribution is 2.42. The summed E-state index contributed by atoms with van der Waals surface area (Å²) in [5, 5.41) is 5.65. The van der Waals surface area contributed by atoms with E-state index in [1.165, 1.54) is 0 Å². The minimum atomic E-state index is -0.922. The maximum absolute atomic E-state index is 13.9. The predicted molar refractivity (Wildman–Crippen MR) is 133 cm³/mol. The lowest BCUT2D eigenvalue weighted by Crippen LogP contribution is -2.55. The Bertz CT molecular complexity index is 861. The van der Waals surface area contributed by atoms with E-state index >= 15 is 0 Å². The summed E-state index contributed by atoms with van der Waals surface area (Å²) in [7, 11) is 0. The van der Waals surface area contributed by atoms with Crippen LogP contribution in [0.3, 0.4) is 0 Å². The van der Waals surface area contributed by atoms with E-state index in [9.17, 15) is 14.4 Å². The first-order valence-corrected chi connectivity index (χ1v) is 12.2. The molecule has 8 heteroatoms. The number of benzene rings is 1. The van der Waals surface area contributed by atoms with Crippen LogP contribution in [0.5, 0.6) is 0 Å². The van der Waals surface area contributed by atoms with E-state index in [2.05, 4.69) is 30.2 Å². The quantitative estimate of drug-likeness (QED) is 0.495. The molecular formula is C25H39N3O4S. The molecule has 1 saturated carbocycles. The SMILES string of the molecule is Cc1cccc(C)c1C(C(=O)NC(C)C)N(C(=O)C(CS)NC(=O)OC(C)(C)C)C1CC1C. The molecule has 4 atom stereocenters. The van der Waals surface area contributed by atoms with Crippen molar-refractivity contribution in [1.29, 1.82) is 0 Å². The van der Waals surface area contributed by atoms with Gasteiger partial charge in [-0.1, -0.05) is 25.1 Å². The fourth-order valence-electron chi connectivity index (χ4n) is 4.01. The van der Waals surface area contributed by atoms with E-state index < -0.39 is 23.8 Å². The fraction of sp³-hybridized carbons (Fsp3) is 0.640. The Morgan fingerprint density at radius 1 is 1.15 bits per heavy atom. The van der Waals surface area contributed by atoms with Crippen LogP contribution in [0.1, 0.15) is 70.7 Å². The van der Waals surface area contributed by atoms with Gasteiger partial charge < -0.3 is 20.3 Å². The molecule has 3 amide bonds. The molecule has 1 aliphatic carbocycles. The molecule has 184 valence electrons. The minimum Gasteiger partial charge on any atom is -0.444 e. The standard InChI is InChI=1S/C25H39N3O4S/c1-14(2)26-22(29)21(20-15(3)10-9-11-16(20)4)28(19-12-17(19)5)23(30)18(13-33)27-24(31)32-25(6,7)8/h9-11,14,17-19,21,33H,12-13H2,1-8H3,(H,26,29)(H,27,31). The van der Waals surface area contributed by atoms with Gasteiger partial charge in [0.25, 0.3) is 0 Å². The molecule has 0 saturated heterocycles. The number of carbonyl (C=O) groups excluding carboxylic acids is 3. The third kappa shape index (κ3) is 7.13. The topological polar surface area (TPSA) is 87.7 Å². The smallest absolute Gasteiger partial charge is 0.408 e. The van der Waals surface area contributed by atoms with Gasteiger partial charge in [-0.3, -0.25) is 9.59 Å². The number of amides is 3. The van der Waals surface area contributed by atoms with E-state index in [1.807, 2.05) is 45.9 Å². The lowest BCUT2D eigenvalue weighted by atomic mass is 9.93.